The normalized spacial score (nSPS) is 21.4. The molecule has 1 saturated heterocycles. The number of ether oxygens (including phenoxy) is 1. The van der Waals surface area contributed by atoms with Crippen LogP contribution in [0.3, 0.4) is 0 Å². The molecule has 0 aromatic rings. The molecule has 4 heteroatoms. The molecule has 0 radical (unpaired) electrons. The van der Waals surface area contributed by atoms with Crippen LogP contribution in [0.5, 0.6) is 0 Å². The molecule has 1 aliphatic rings. The van der Waals surface area contributed by atoms with Gasteiger partial charge in [-0.05, 0) is 18.8 Å². The van der Waals surface area contributed by atoms with Gasteiger partial charge in [0.1, 0.15) is 6.29 Å². The van der Waals surface area contributed by atoms with Crippen LogP contribution in [-0.4, -0.2) is 36.5 Å². The third-order valence-corrected chi connectivity index (χ3v) is 2.23. The fraction of sp³-hybridized carbons (Fsp3) is 0.800. The van der Waals surface area contributed by atoms with Crippen molar-refractivity contribution in [2.45, 2.75) is 32.7 Å². The standard InChI is InChI=1S/C10H17NO3/c1-8(2)7-14-10(13)11-5-3-4-9(11)6-12/h6,8-9H,3-5,7H2,1-2H3. The van der Waals surface area contributed by atoms with Crippen molar-refractivity contribution in [3.05, 3.63) is 0 Å². The van der Waals surface area contributed by atoms with E-state index >= 15 is 0 Å². The van der Waals surface area contributed by atoms with Gasteiger partial charge in [0.15, 0.2) is 0 Å². The minimum Gasteiger partial charge on any atom is -0.449 e. The molecule has 0 aromatic carbocycles. The van der Waals surface area contributed by atoms with Gasteiger partial charge in [-0.1, -0.05) is 13.8 Å². The van der Waals surface area contributed by atoms with Crippen molar-refractivity contribution >= 4 is 12.4 Å². The van der Waals surface area contributed by atoms with Crippen LogP contribution in [0, 0.1) is 5.92 Å². The van der Waals surface area contributed by atoms with Crippen molar-refractivity contribution < 1.29 is 14.3 Å². The van der Waals surface area contributed by atoms with E-state index in [1.54, 1.807) is 0 Å². The fourth-order valence-corrected chi connectivity index (χ4v) is 1.48. The van der Waals surface area contributed by atoms with E-state index in [0.717, 1.165) is 19.1 Å². The minimum atomic E-state index is -0.353. The molecule has 1 aliphatic heterocycles. The van der Waals surface area contributed by atoms with Gasteiger partial charge in [-0.2, -0.15) is 0 Å². The number of hydrogen-bond acceptors (Lipinski definition) is 3. The Kier molecular flexibility index (Phi) is 3.92. The SMILES string of the molecule is CC(C)COC(=O)N1CCCC1C=O. The Labute approximate surface area is 84.2 Å². The van der Waals surface area contributed by atoms with E-state index in [2.05, 4.69) is 0 Å². The largest absolute Gasteiger partial charge is 0.449 e. The molecular formula is C10H17NO3. The number of carbonyl (C=O) groups is 2. The predicted octanol–water partition coefficient (Wildman–Crippen LogP) is 1.44. The average molecular weight is 199 g/mol. The van der Waals surface area contributed by atoms with Crippen LogP contribution in [0.4, 0.5) is 4.79 Å². The molecule has 4 nitrogen and oxygen atoms in total. The van der Waals surface area contributed by atoms with Crippen LogP contribution >= 0.6 is 0 Å². The lowest BCUT2D eigenvalue weighted by atomic mass is 10.2. The second-order valence-electron chi connectivity index (χ2n) is 4.01. The lowest BCUT2D eigenvalue weighted by Crippen LogP contribution is -2.37. The maximum absolute atomic E-state index is 11.5. The Morgan fingerprint density at radius 2 is 2.36 bits per heavy atom. The van der Waals surface area contributed by atoms with Gasteiger partial charge in [-0.25, -0.2) is 4.79 Å². The molecule has 80 valence electrons. The highest BCUT2D eigenvalue weighted by Gasteiger charge is 2.29. The third kappa shape index (κ3) is 2.72. The van der Waals surface area contributed by atoms with Crippen molar-refractivity contribution in [1.29, 1.82) is 0 Å². The van der Waals surface area contributed by atoms with Crippen LogP contribution in [0.1, 0.15) is 26.7 Å². The second kappa shape index (κ2) is 4.98. The Morgan fingerprint density at radius 3 is 2.93 bits per heavy atom. The Balaban J connectivity index is 2.39. The number of aldehydes is 1. The summed E-state index contributed by atoms with van der Waals surface area (Å²) < 4.78 is 5.05. The monoisotopic (exact) mass is 199 g/mol. The summed E-state index contributed by atoms with van der Waals surface area (Å²) in [6, 6.07) is -0.269. The first-order valence-corrected chi connectivity index (χ1v) is 5.04. The van der Waals surface area contributed by atoms with Crippen molar-refractivity contribution in [2.75, 3.05) is 13.2 Å². The van der Waals surface area contributed by atoms with E-state index < -0.39 is 0 Å². The van der Waals surface area contributed by atoms with Gasteiger partial charge in [0.25, 0.3) is 0 Å². The van der Waals surface area contributed by atoms with Gasteiger partial charge in [0.05, 0.1) is 12.6 Å². The third-order valence-electron chi connectivity index (χ3n) is 2.23. The summed E-state index contributed by atoms with van der Waals surface area (Å²) in [5.74, 6) is 0.330. The van der Waals surface area contributed by atoms with Crippen LogP contribution in [0.15, 0.2) is 0 Å². The van der Waals surface area contributed by atoms with Crippen molar-refractivity contribution in [3.63, 3.8) is 0 Å². The maximum Gasteiger partial charge on any atom is 0.410 e. The molecular weight excluding hydrogens is 182 g/mol. The predicted molar refractivity (Wildman–Crippen MR) is 52.0 cm³/mol. The number of hydrogen-bond donors (Lipinski definition) is 0. The first-order valence-electron chi connectivity index (χ1n) is 5.04. The lowest BCUT2D eigenvalue weighted by molar-refractivity contribution is -0.111. The zero-order valence-corrected chi connectivity index (χ0v) is 8.73. The summed E-state index contributed by atoms with van der Waals surface area (Å²) in [6.45, 7) is 5.02. The number of carbonyl (C=O) groups excluding carboxylic acids is 2. The molecule has 1 unspecified atom stereocenters. The average Bonchev–Trinajstić information content (AvgIpc) is 2.61. The molecule has 1 heterocycles. The van der Waals surface area contributed by atoms with Gasteiger partial charge in [-0.15, -0.1) is 0 Å². The van der Waals surface area contributed by atoms with E-state index in [-0.39, 0.29) is 12.1 Å². The molecule has 0 saturated carbocycles. The van der Waals surface area contributed by atoms with Gasteiger partial charge < -0.3 is 9.53 Å². The van der Waals surface area contributed by atoms with E-state index in [9.17, 15) is 9.59 Å². The van der Waals surface area contributed by atoms with Gasteiger partial charge in [0, 0.05) is 6.54 Å². The first-order chi connectivity index (χ1) is 6.65. The lowest BCUT2D eigenvalue weighted by Gasteiger charge is -2.20. The second-order valence-corrected chi connectivity index (χ2v) is 4.01. The number of nitrogens with zero attached hydrogens (tertiary/aromatic N) is 1. The first kappa shape index (κ1) is 11.0. The van der Waals surface area contributed by atoms with E-state index in [0.29, 0.717) is 19.1 Å². The molecule has 1 atom stereocenters. The topological polar surface area (TPSA) is 46.6 Å². The smallest absolute Gasteiger partial charge is 0.410 e. The zero-order valence-electron chi connectivity index (χ0n) is 8.73. The highest BCUT2D eigenvalue weighted by Crippen LogP contribution is 2.16. The van der Waals surface area contributed by atoms with Crippen LogP contribution in [0.2, 0.25) is 0 Å². The highest BCUT2D eigenvalue weighted by molar-refractivity contribution is 5.74. The van der Waals surface area contributed by atoms with E-state index in [4.69, 9.17) is 4.74 Å². The molecule has 0 bridgehead atoms. The fourth-order valence-electron chi connectivity index (χ4n) is 1.48. The van der Waals surface area contributed by atoms with Gasteiger partial charge in [0.2, 0.25) is 0 Å². The molecule has 0 spiro atoms. The summed E-state index contributed by atoms with van der Waals surface area (Å²) in [4.78, 5) is 23.6. The molecule has 0 aromatic heterocycles. The molecule has 0 aliphatic carbocycles. The maximum atomic E-state index is 11.5. The number of amides is 1. The molecule has 0 N–H and O–H groups in total. The Morgan fingerprint density at radius 1 is 1.64 bits per heavy atom. The van der Waals surface area contributed by atoms with E-state index in [1.807, 2.05) is 13.8 Å². The summed E-state index contributed by atoms with van der Waals surface area (Å²) in [7, 11) is 0. The quantitative estimate of drug-likeness (QED) is 0.646. The number of rotatable bonds is 3. The Hall–Kier alpha value is -1.06. The van der Waals surface area contributed by atoms with Crippen molar-refractivity contribution in [1.82, 2.24) is 4.90 Å². The summed E-state index contributed by atoms with van der Waals surface area (Å²) in [6.07, 6.45) is 2.12. The highest BCUT2D eigenvalue weighted by atomic mass is 16.6. The molecule has 1 rings (SSSR count). The molecule has 1 fully saturated rings. The Bertz CT molecular complexity index is 215. The number of likely N-dealkylation sites (tertiary alicyclic amines) is 1. The van der Waals surface area contributed by atoms with Crippen molar-refractivity contribution in [2.24, 2.45) is 5.92 Å². The summed E-state index contributed by atoms with van der Waals surface area (Å²) in [5, 5.41) is 0. The minimum absolute atomic E-state index is 0.269. The van der Waals surface area contributed by atoms with E-state index in [1.165, 1.54) is 4.90 Å². The van der Waals surface area contributed by atoms with Gasteiger partial charge in [-0.3, -0.25) is 4.90 Å². The van der Waals surface area contributed by atoms with Crippen LogP contribution in [-0.2, 0) is 9.53 Å². The summed E-state index contributed by atoms with van der Waals surface area (Å²) >= 11 is 0. The molecule has 1 amide bonds. The van der Waals surface area contributed by atoms with Crippen LogP contribution < -0.4 is 0 Å². The van der Waals surface area contributed by atoms with Crippen molar-refractivity contribution in [3.8, 4) is 0 Å². The molecule has 14 heavy (non-hydrogen) atoms. The van der Waals surface area contributed by atoms with Crippen LogP contribution in [0.25, 0.3) is 0 Å². The summed E-state index contributed by atoms with van der Waals surface area (Å²) in [5.41, 5.74) is 0. The zero-order chi connectivity index (χ0) is 10.6. The van der Waals surface area contributed by atoms with Gasteiger partial charge >= 0.3 is 6.09 Å².